The lowest BCUT2D eigenvalue weighted by Gasteiger charge is -2.14. The molecular formula is C22H19N3O2S2. The second-order valence-electron chi connectivity index (χ2n) is 6.41. The van der Waals surface area contributed by atoms with Crippen LogP contribution in [0.3, 0.4) is 0 Å². The minimum absolute atomic E-state index is 0.256. The van der Waals surface area contributed by atoms with E-state index in [1.165, 1.54) is 16.9 Å². The Bertz CT molecular complexity index is 1120. The second-order valence-corrected chi connectivity index (χ2v) is 8.61. The number of benzene rings is 3. The summed E-state index contributed by atoms with van der Waals surface area (Å²) in [6.07, 6.45) is -0.652. The molecule has 146 valence electrons. The fourth-order valence-electron chi connectivity index (χ4n) is 2.74. The Morgan fingerprint density at radius 2 is 1.79 bits per heavy atom. The van der Waals surface area contributed by atoms with Crippen molar-refractivity contribution in [1.82, 2.24) is 10.2 Å². The third kappa shape index (κ3) is 5.13. The van der Waals surface area contributed by atoms with Gasteiger partial charge in [0.15, 0.2) is 10.4 Å². The lowest BCUT2D eigenvalue weighted by Crippen LogP contribution is -2.30. The number of hydrogen-bond acceptors (Lipinski definition) is 6. The van der Waals surface area contributed by atoms with Gasteiger partial charge < -0.3 is 4.74 Å². The molecule has 0 aliphatic heterocycles. The van der Waals surface area contributed by atoms with Gasteiger partial charge in [0.05, 0.1) is 0 Å². The first-order chi connectivity index (χ1) is 14.2. The van der Waals surface area contributed by atoms with Crippen molar-refractivity contribution >= 4 is 44.9 Å². The molecule has 0 saturated carbocycles. The highest BCUT2D eigenvalue weighted by Gasteiger charge is 2.17. The van der Waals surface area contributed by atoms with E-state index in [1.54, 1.807) is 18.7 Å². The molecule has 0 aliphatic carbocycles. The summed E-state index contributed by atoms with van der Waals surface area (Å²) in [5.74, 6) is 1.21. The molecule has 1 heterocycles. The molecule has 0 fully saturated rings. The van der Waals surface area contributed by atoms with Crippen molar-refractivity contribution in [1.29, 1.82) is 0 Å². The van der Waals surface area contributed by atoms with E-state index in [0.717, 1.165) is 20.9 Å². The Morgan fingerprint density at radius 3 is 2.62 bits per heavy atom. The zero-order chi connectivity index (χ0) is 20.1. The number of nitrogens with zero attached hydrogens (tertiary/aromatic N) is 2. The first-order valence-electron chi connectivity index (χ1n) is 9.14. The highest BCUT2D eigenvalue weighted by molar-refractivity contribution is 8.00. The summed E-state index contributed by atoms with van der Waals surface area (Å²) in [6, 6.07) is 24.0. The van der Waals surface area contributed by atoms with Crippen LogP contribution in [0.4, 0.5) is 5.13 Å². The largest absolute Gasteiger partial charge is 0.481 e. The summed E-state index contributed by atoms with van der Waals surface area (Å²) in [5.41, 5.74) is 1.22. The molecule has 3 aromatic carbocycles. The number of thioether (sulfide) groups is 1. The predicted molar refractivity (Wildman–Crippen MR) is 119 cm³/mol. The van der Waals surface area contributed by atoms with Gasteiger partial charge in [0, 0.05) is 5.75 Å². The van der Waals surface area contributed by atoms with Crippen LogP contribution >= 0.6 is 23.1 Å². The van der Waals surface area contributed by atoms with Gasteiger partial charge in [-0.05, 0) is 35.4 Å². The lowest BCUT2D eigenvalue weighted by atomic mass is 10.1. The van der Waals surface area contributed by atoms with E-state index in [-0.39, 0.29) is 5.91 Å². The van der Waals surface area contributed by atoms with Gasteiger partial charge in [0.2, 0.25) is 5.13 Å². The van der Waals surface area contributed by atoms with E-state index in [1.807, 2.05) is 60.7 Å². The van der Waals surface area contributed by atoms with Crippen molar-refractivity contribution in [2.24, 2.45) is 0 Å². The first-order valence-corrected chi connectivity index (χ1v) is 10.9. The average Bonchev–Trinajstić information content (AvgIpc) is 3.20. The Morgan fingerprint density at radius 1 is 1.03 bits per heavy atom. The van der Waals surface area contributed by atoms with Crippen molar-refractivity contribution in [2.75, 3.05) is 5.32 Å². The number of rotatable bonds is 7. The van der Waals surface area contributed by atoms with Crippen LogP contribution in [0.1, 0.15) is 12.5 Å². The van der Waals surface area contributed by atoms with Crippen LogP contribution in [0.2, 0.25) is 0 Å². The number of fused-ring (bicyclic) bond motifs is 1. The minimum atomic E-state index is -0.652. The summed E-state index contributed by atoms with van der Waals surface area (Å²) in [5, 5.41) is 13.7. The zero-order valence-electron chi connectivity index (χ0n) is 15.7. The molecule has 7 heteroatoms. The van der Waals surface area contributed by atoms with Crippen molar-refractivity contribution in [3.05, 3.63) is 78.4 Å². The maximum Gasteiger partial charge on any atom is 0.266 e. The Labute approximate surface area is 177 Å². The van der Waals surface area contributed by atoms with Gasteiger partial charge in [0.25, 0.3) is 5.91 Å². The molecule has 0 aliphatic rings. The molecule has 29 heavy (non-hydrogen) atoms. The van der Waals surface area contributed by atoms with Crippen LogP contribution in [0, 0.1) is 0 Å². The summed E-state index contributed by atoms with van der Waals surface area (Å²) < 4.78 is 6.62. The number of aromatic nitrogens is 2. The zero-order valence-corrected chi connectivity index (χ0v) is 17.4. The highest BCUT2D eigenvalue weighted by atomic mass is 32.2. The molecule has 4 rings (SSSR count). The van der Waals surface area contributed by atoms with Crippen LogP contribution in [-0.2, 0) is 10.5 Å². The van der Waals surface area contributed by atoms with Crippen LogP contribution in [0.15, 0.2) is 77.1 Å². The number of anilines is 1. The maximum absolute atomic E-state index is 12.5. The standard InChI is InChI=1S/C22H19N3O2S2/c1-15(27-19-12-11-17-9-5-6-10-18(17)13-19)20(26)23-21-24-25-22(29-21)28-14-16-7-3-2-4-8-16/h2-13,15H,14H2,1H3,(H,23,24,26)/t15-/m0/s1. The molecule has 5 nitrogen and oxygen atoms in total. The van der Waals surface area contributed by atoms with E-state index < -0.39 is 6.10 Å². The third-order valence-electron chi connectivity index (χ3n) is 4.24. The normalized spacial score (nSPS) is 11.9. The molecule has 4 aromatic rings. The van der Waals surface area contributed by atoms with E-state index in [2.05, 4.69) is 27.6 Å². The molecule has 1 N–H and O–H groups in total. The third-order valence-corrected chi connectivity index (χ3v) is 6.29. The summed E-state index contributed by atoms with van der Waals surface area (Å²) in [7, 11) is 0. The van der Waals surface area contributed by atoms with Gasteiger partial charge in [-0.1, -0.05) is 83.8 Å². The van der Waals surface area contributed by atoms with Gasteiger partial charge in [-0.15, -0.1) is 10.2 Å². The quantitative estimate of drug-likeness (QED) is 0.320. The van der Waals surface area contributed by atoms with Gasteiger partial charge in [-0.25, -0.2) is 0 Å². The number of ether oxygens (including phenoxy) is 1. The van der Waals surface area contributed by atoms with Crippen molar-refractivity contribution in [3.63, 3.8) is 0 Å². The lowest BCUT2D eigenvalue weighted by molar-refractivity contribution is -0.122. The van der Waals surface area contributed by atoms with E-state index in [4.69, 9.17) is 4.74 Å². The van der Waals surface area contributed by atoms with Gasteiger partial charge in [-0.3, -0.25) is 10.1 Å². The predicted octanol–water partition coefficient (Wildman–Crippen LogP) is 5.39. The van der Waals surface area contributed by atoms with E-state index >= 15 is 0 Å². The van der Waals surface area contributed by atoms with Crippen molar-refractivity contribution < 1.29 is 9.53 Å². The summed E-state index contributed by atoms with van der Waals surface area (Å²) in [4.78, 5) is 12.5. The fraction of sp³-hybridized carbons (Fsp3) is 0.136. The van der Waals surface area contributed by atoms with E-state index in [9.17, 15) is 4.79 Å². The SMILES string of the molecule is C[C@H](Oc1ccc2ccccc2c1)C(=O)Nc1nnc(SCc2ccccc2)s1. The van der Waals surface area contributed by atoms with Gasteiger partial charge >= 0.3 is 0 Å². The summed E-state index contributed by atoms with van der Waals surface area (Å²) in [6.45, 7) is 1.72. The monoisotopic (exact) mass is 421 g/mol. The molecule has 1 aromatic heterocycles. The Kier molecular flexibility index (Phi) is 6.07. The molecule has 0 unspecified atom stereocenters. The highest BCUT2D eigenvalue weighted by Crippen LogP contribution is 2.28. The fourth-order valence-corrected chi connectivity index (χ4v) is 4.45. The number of nitrogens with one attached hydrogen (secondary N) is 1. The minimum Gasteiger partial charge on any atom is -0.481 e. The molecule has 0 bridgehead atoms. The molecule has 0 radical (unpaired) electrons. The number of amides is 1. The van der Waals surface area contributed by atoms with Gasteiger partial charge in [-0.2, -0.15) is 0 Å². The Balaban J connectivity index is 1.33. The number of carbonyl (C=O) groups is 1. The smallest absolute Gasteiger partial charge is 0.266 e. The van der Waals surface area contributed by atoms with E-state index in [0.29, 0.717) is 10.9 Å². The summed E-state index contributed by atoms with van der Waals surface area (Å²) >= 11 is 2.96. The topological polar surface area (TPSA) is 64.1 Å². The molecule has 1 amide bonds. The average molecular weight is 422 g/mol. The van der Waals surface area contributed by atoms with Crippen LogP contribution in [0.5, 0.6) is 5.75 Å². The van der Waals surface area contributed by atoms with Crippen LogP contribution < -0.4 is 10.1 Å². The van der Waals surface area contributed by atoms with Crippen molar-refractivity contribution in [3.8, 4) is 5.75 Å². The maximum atomic E-state index is 12.5. The molecule has 0 spiro atoms. The second kappa shape index (κ2) is 9.07. The van der Waals surface area contributed by atoms with Crippen LogP contribution in [-0.4, -0.2) is 22.2 Å². The van der Waals surface area contributed by atoms with Crippen LogP contribution in [0.25, 0.3) is 10.8 Å². The number of carbonyl (C=O) groups excluding carboxylic acids is 1. The van der Waals surface area contributed by atoms with Gasteiger partial charge in [0.1, 0.15) is 5.75 Å². The Hall–Kier alpha value is -2.90. The molecule has 1 atom stereocenters. The molecule has 0 saturated heterocycles. The molecular weight excluding hydrogens is 402 g/mol. The van der Waals surface area contributed by atoms with Crippen molar-refractivity contribution in [2.45, 2.75) is 23.1 Å². The first kappa shape index (κ1) is 19.4. The number of hydrogen-bond donors (Lipinski definition) is 1.